The monoisotopic (exact) mass is 167 g/mol. The number of carbonyl (C=O) groups excluding carboxylic acids is 1. The number of esters is 1. The molecule has 2 aliphatic rings. The lowest BCUT2D eigenvalue weighted by Gasteiger charge is -2.15. The fourth-order valence-electron chi connectivity index (χ4n) is 1.76. The van der Waals surface area contributed by atoms with Gasteiger partial charge in [0.05, 0.1) is 0 Å². The van der Waals surface area contributed by atoms with Crippen molar-refractivity contribution in [3.8, 4) is 0 Å². The Kier molecular flexibility index (Phi) is 1.89. The number of carbonyl (C=O) groups is 1. The van der Waals surface area contributed by atoms with Gasteiger partial charge in [0.25, 0.3) is 0 Å². The first-order chi connectivity index (χ1) is 5.77. The molecule has 0 aromatic rings. The Morgan fingerprint density at radius 3 is 3.00 bits per heavy atom. The average Bonchev–Trinajstić information content (AvgIpc) is 2.61. The molecule has 66 valence electrons. The van der Waals surface area contributed by atoms with Gasteiger partial charge in [-0.1, -0.05) is 0 Å². The lowest BCUT2D eigenvalue weighted by atomic mass is 10.1. The highest BCUT2D eigenvalue weighted by Crippen LogP contribution is 2.20. The van der Waals surface area contributed by atoms with E-state index in [0.717, 1.165) is 18.5 Å². The molecule has 2 aliphatic heterocycles. The molecule has 3 heteroatoms. The van der Waals surface area contributed by atoms with Crippen molar-refractivity contribution in [2.24, 2.45) is 0 Å². The van der Waals surface area contributed by atoms with E-state index >= 15 is 0 Å². The van der Waals surface area contributed by atoms with Crippen LogP contribution in [0, 0.1) is 0 Å². The molecule has 2 unspecified atom stereocenters. The van der Waals surface area contributed by atoms with Gasteiger partial charge in [-0.3, -0.25) is 0 Å². The first-order valence-electron chi connectivity index (χ1n) is 4.40. The summed E-state index contributed by atoms with van der Waals surface area (Å²) in [5.74, 6) is -0.159. The largest absolute Gasteiger partial charge is 0.453 e. The second-order valence-electron chi connectivity index (χ2n) is 3.42. The maximum Gasteiger partial charge on any atom is 0.334 e. The molecule has 12 heavy (non-hydrogen) atoms. The summed E-state index contributed by atoms with van der Waals surface area (Å²) >= 11 is 0. The quantitative estimate of drug-likeness (QED) is 0.581. The van der Waals surface area contributed by atoms with Crippen molar-refractivity contribution in [1.29, 1.82) is 0 Å². The molecule has 0 aromatic heterocycles. The predicted octanol–water partition coefficient (Wildman–Crippen LogP) is 0.610. The van der Waals surface area contributed by atoms with E-state index in [1.54, 1.807) is 6.92 Å². The minimum absolute atomic E-state index is 0.0139. The van der Waals surface area contributed by atoms with E-state index in [1.807, 2.05) is 6.08 Å². The van der Waals surface area contributed by atoms with E-state index in [-0.39, 0.29) is 12.1 Å². The molecule has 0 spiro atoms. The van der Waals surface area contributed by atoms with Crippen LogP contribution in [0.5, 0.6) is 0 Å². The van der Waals surface area contributed by atoms with Crippen LogP contribution in [-0.2, 0) is 9.53 Å². The maximum atomic E-state index is 11.0. The van der Waals surface area contributed by atoms with Gasteiger partial charge in [0, 0.05) is 11.6 Å². The van der Waals surface area contributed by atoms with Gasteiger partial charge in [0.2, 0.25) is 0 Å². The first-order valence-corrected chi connectivity index (χ1v) is 4.40. The molecule has 2 atom stereocenters. The van der Waals surface area contributed by atoms with Crippen LogP contribution < -0.4 is 5.32 Å². The Morgan fingerprint density at radius 2 is 2.50 bits per heavy atom. The zero-order valence-electron chi connectivity index (χ0n) is 7.17. The molecule has 1 saturated heterocycles. The van der Waals surface area contributed by atoms with E-state index in [1.165, 1.54) is 6.42 Å². The molecule has 0 amide bonds. The number of hydrogen-bond acceptors (Lipinski definition) is 3. The van der Waals surface area contributed by atoms with Gasteiger partial charge in [-0.2, -0.15) is 0 Å². The fourth-order valence-corrected chi connectivity index (χ4v) is 1.76. The number of hydrogen-bond donors (Lipinski definition) is 1. The maximum absolute atomic E-state index is 11.0. The Bertz CT molecular complexity index is 229. The van der Waals surface area contributed by atoms with Crippen molar-refractivity contribution >= 4 is 5.97 Å². The molecule has 1 N–H and O–H groups in total. The second-order valence-corrected chi connectivity index (χ2v) is 3.42. The van der Waals surface area contributed by atoms with Crippen molar-refractivity contribution < 1.29 is 9.53 Å². The summed E-state index contributed by atoms with van der Waals surface area (Å²) < 4.78 is 5.16. The first kappa shape index (κ1) is 7.80. The van der Waals surface area contributed by atoms with Crippen LogP contribution in [0.2, 0.25) is 0 Å². The molecular formula is C9H13NO2. The van der Waals surface area contributed by atoms with E-state index < -0.39 is 0 Å². The van der Waals surface area contributed by atoms with Crippen LogP contribution in [0.1, 0.15) is 19.8 Å². The zero-order valence-corrected chi connectivity index (χ0v) is 7.17. The molecular weight excluding hydrogens is 154 g/mol. The third-order valence-corrected chi connectivity index (χ3v) is 2.47. The minimum atomic E-state index is -0.159. The highest BCUT2D eigenvalue weighted by molar-refractivity contribution is 5.90. The fraction of sp³-hybridized carbons (Fsp3) is 0.667. The third-order valence-electron chi connectivity index (χ3n) is 2.47. The van der Waals surface area contributed by atoms with E-state index in [0.29, 0.717) is 6.04 Å². The van der Waals surface area contributed by atoms with Crippen molar-refractivity contribution in [2.45, 2.75) is 31.9 Å². The number of cyclic esters (lactones) is 1. The summed E-state index contributed by atoms with van der Waals surface area (Å²) in [6.07, 6.45) is 4.21. The van der Waals surface area contributed by atoms with Gasteiger partial charge in [-0.25, -0.2) is 4.79 Å². The number of ether oxygens (including phenoxy) is 1. The summed E-state index contributed by atoms with van der Waals surface area (Å²) in [6, 6.07) is 0.353. The van der Waals surface area contributed by atoms with E-state index in [2.05, 4.69) is 5.32 Å². The van der Waals surface area contributed by atoms with Crippen molar-refractivity contribution in [3.63, 3.8) is 0 Å². The summed E-state index contributed by atoms with van der Waals surface area (Å²) in [4.78, 5) is 11.0. The summed E-state index contributed by atoms with van der Waals surface area (Å²) in [5.41, 5.74) is 0.744. The van der Waals surface area contributed by atoms with Gasteiger partial charge in [-0.15, -0.1) is 0 Å². The van der Waals surface area contributed by atoms with Gasteiger partial charge < -0.3 is 10.1 Å². The molecule has 0 bridgehead atoms. The smallest absolute Gasteiger partial charge is 0.334 e. The lowest BCUT2D eigenvalue weighted by Crippen LogP contribution is -2.34. The minimum Gasteiger partial charge on any atom is -0.453 e. The Labute approximate surface area is 71.8 Å². The van der Waals surface area contributed by atoms with Crippen LogP contribution in [-0.4, -0.2) is 24.7 Å². The highest BCUT2D eigenvalue weighted by Gasteiger charge is 2.31. The second kappa shape index (κ2) is 2.90. The van der Waals surface area contributed by atoms with Crippen molar-refractivity contribution in [3.05, 3.63) is 11.6 Å². The predicted molar refractivity (Wildman–Crippen MR) is 44.7 cm³/mol. The lowest BCUT2D eigenvalue weighted by molar-refractivity contribution is -0.140. The normalized spacial score (nSPS) is 35.1. The van der Waals surface area contributed by atoms with Gasteiger partial charge >= 0.3 is 5.97 Å². The van der Waals surface area contributed by atoms with Crippen LogP contribution in [0.25, 0.3) is 0 Å². The van der Waals surface area contributed by atoms with Gasteiger partial charge in [0.15, 0.2) is 0 Å². The molecule has 2 rings (SSSR count). The van der Waals surface area contributed by atoms with Gasteiger partial charge in [0.1, 0.15) is 6.10 Å². The topological polar surface area (TPSA) is 38.3 Å². The molecule has 0 radical (unpaired) electrons. The summed E-state index contributed by atoms with van der Waals surface area (Å²) in [5, 5.41) is 3.32. The Hall–Kier alpha value is -0.830. The van der Waals surface area contributed by atoms with E-state index in [9.17, 15) is 4.79 Å². The summed E-state index contributed by atoms with van der Waals surface area (Å²) in [7, 11) is 0. The van der Waals surface area contributed by atoms with Crippen molar-refractivity contribution in [1.82, 2.24) is 5.32 Å². The van der Waals surface area contributed by atoms with E-state index in [4.69, 9.17) is 4.74 Å². The Morgan fingerprint density at radius 1 is 1.67 bits per heavy atom. The molecule has 0 aromatic carbocycles. The Balaban J connectivity index is 2.02. The van der Waals surface area contributed by atoms with Crippen LogP contribution in [0.3, 0.4) is 0 Å². The van der Waals surface area contributed by atoms with Gasteiger partial charge in [-0.05, 0) is 32.4 Å². The standard InChI is InChI=1S/C9H13NO2/c1-6-5-8(12-9(6)11)7-3-2-4-10-7/h5,7-8,10H,2-4H2,1H3. The van der Waals surface area contributed by atoms with Crippen LogP contribution >= 0.6 is 0 Å². The molecule has 0 aliphatic carbocycles. The number of rotatable bonds is 1. The average molecular weight is 167 g/mol. The molecule has 1 fully saturated rings. The van der Waals surface area contributed by atoms with Crippen LogP contribution in [0.15, 0.2) is 11.6 Å². The number of nitrogens with one attached hydrogen (secondary N) is 1. The van der Waals surface area contributed by atoms with Crippen molar-refractivity contribution in [2.75, 3.05) is 6.54 Å². The molecule has 0 saturated carbocycles. The highest BCUT2D eigenvalue weighted by atomic mass is 16.5. The zero-order chi connectivity index (χ0) is 8.55. The molecule has 2 heterocycles. The SMILES string of the molecule is CC1=CC(C2CCCN2)OC1=O. The summed E-state index contributed by atoms with van der Waals surface area (Å²) in [6.45, 7) is 2.85. The van der Waals surface area contributed by atoms with Crippen LogP contribution in [0.4, 0.5) is 0 Å². The molecule has 3 nitrogen and oxygen atoms in total. The third kappa shape index (κ3) is 1.25.